The van der Waals surface area contributed by atoms with Gasteiger partial charge in [-0.2, -0.15) is 0 Å². The van der Waals surface area contributed by atoms with Crippen LogP contribution in [-0.2, 0) is 26.2 Å². The highest BCUT2D eigenvalue weighted by Gasteiger charge is 2.33. The zero-order chi connectivity index (χ0) is 29.3. The normalized spacial score (nSPS) is 12.0. The van der Waals surface area contributed by atoms with E-state index in [9.17, 15) is 22.4 Å². The van der Waals surface area contributed by atoms with Crippen molar-refractivity contribution in [2.24, 2.45) is 0 Å². The van der Waals surface area contributed by atoms with Crippen molar-refractivity contribution >= 4 is 39.1 Å². The molecule has 7 nitrogen and oxygen atoms in total. The van der Waals surface area contributed by atoms with Crippen molar-refractivity contribution in [3.05, 3.63) is 94.8 Å². The fraction of sp³-hybridized carbons (Fsp3) is 0.333. The zero-order valence-corrected chi connectivity index (χ0v) is 24.5. The van der Waals surface area contributed by atoms with Gasteiger partial charge in [0.15, 0.2) is 0 Å². The average Bonchev–Trinajstić information content (AvgIpc) is 2.93. The zero-order valence-electron chi connectivity index (χ0n) is 22.9. The fourth-order valence-corrected chi connectivity index (χ4v) is 5.73. The van der Waals surface area contributed by atoms with Crippen LogP contribution in [0.3, 0.4) is 0 Å². The van der Waals surface area contributed by atoms with Crippen molar-refractivity contribution in [3.8, 4) is 0 Å². The number of carbonyl (C=O) groups excluding carboxylic acids is 2. The molecule has 214 valence electrons. The summed E-state index contributed by atoms with van der Waals surface area (Å²) < 4.78 is 42.3. The summed E-state index contributed by atoms with van der Waals surface area (Å²) in [7, 11) is -4.17. The van der Waals surface area contributed by atoms with Gasteiger partial charge in [-0.15, -0.1) is 0 Å². The predicted octanol–water partition coefficient (Wildman–Crippen LogP) is 5.71. The molecule has 0 aliphatic heterocycles. The second-order valence-electron chi connectivity index (χ2n) is 9.52. The summed E-state index contributed by atoms with van der Waals surface area (Å²) in [5.41, 5.74) is 1.74. The molecular formula is C30H35ClFN3O4S. The number of amides is 2. The van der Waals surface area contributed by atoms with Crippen LogP contribution in [-0.4, -0.2) is 44.3 Å². The molecule has 0 aromatic heterocycles. The van der Waals surface area contributed by atoms with Gasteiger partial charge in [0, 0.05) is 18.1 Å². The lowest BCUT2D eigenvalue weighted by atomic mass is 10.1. The number of anilines is 1. The Morgan fingerprint density at radius 2 is 1.57 bits per heavy atom. The molecule has 0 saturated heterocycles. The Morgan fingerprint density at radius 3 is 2.15 bits per heavy atom. The molecule has 0 unspecified atom stereocenters. The summed E-state index contributed by atoms with van der Waals surface area (Å²) in [6.07, 6.45) is 1.98. The summed E-state index contributed by atoms with van der Waals surface area (Å²) in [6, 6.07) is 17.3. The van der Waals surface area contributed by atoms with Crippen molar-refractivity contribution < 1.29 is 22.4 Å². The van der Waals surface area contributed by atoms with Gasteiger partial charge in [-0.3, -0.25) is 13.9 Å². The van der Waals surface area contributed by atoms with E-state index in [1.165, 1.54) is 53.4 Å². The smallest absolute Gasteiger partial charge is 0.264 e. The van der Waals surface area contributed by atoms with Gasteiger partial charge < -0.3 is 10.2 Å². The van der Waals surface area contributed by atoms with E-state index >= 15 is 0 Å². The Bertz CT molecular complexity index is 1380. The van der Waals surface area contributed by atoms with E-state index in [0.717, 1.165) is 22.7 Å². The lowest BCUT2D eigenvalue weighted by molar-refractivity contribution is -0.140. The molecule has 0 aliphatic rings. The van der Waals surface area contributed by atoms with Gasteiger partial charge in [-0.1, -0.05) is 61.7 Å². The molecule has 3 rings (SSSR count). The molecule has 3 aromatic carbocycles. The monoisotopic (exact) mass is 587 g/mol. The molecule has 0 heterocycles. The number of aryl methyl sites for hydroxylation is 1. The van der Waals surface area contributed by atoms with Gasteiger partial charge in [0.25, 0.3) is 10.0 Å². The van der Waals surface area contributed by atoms with Crippen molar-refractivity contribution in [2.75, 3.05) is 17.4 Å². The third kappa shape index (κ3) is 8.05. The molecule has 0 fully saturated rings. The van der Waals surface area contributed by atoms with Crippen LogP contribution < -0.4 is 9.62 Å². The van der Waals surface area contributed by atoms with Crippen molar-refractivity contribution in [1.29, 1.82) is 0 Å². The number of benzene rings is 3. The largest absolute Gasteiger partial charge is 0.354 e. The number of carbonyl (C=O) groups is 2. The molecule has 0 spiro atoms. The minimum atomic E-state index is -4.17. The summed E-state index contributed by atoms with van der Waals surface area (Å²) in [5.74, 6) is -1.33. The number of halogens is 2. The highest BCUT2D eigenvalue weighted by atomic mass is 35.5. The Labute approximate surface area is 241 Å². The third-order valence-corrected chi connectivity index (χ3v) is 8.52. The van der Waals surface area contributed by atoms with Gasteiger partial charge >= 0.3 is 0 Å². The number of unbranched alkanes of at least 4 members (excludes halogenated alkanes) is 1. The second kappa shape index (κ2) is 14.3. The van der Waals surface area contributed by atoms with Gasteiger partial charge in [0.2, 0.25) is 11.8 Å². The van der Waals surface area contributed by atoms with Crippen LogP contribution in [0.15, 0.2) is 77.7 Å². The molecule has 0 bridgehead atoms. The highest BCUT2D eigenvalue weighted by molar-refractivity contribution is 7.92. The first-order valence-electron chi connectivity index (χ1n) is 13.2. The van der Waals surface area contributed by atoms with E-state index in [1.54, 1.807) is 31.2 Å². The lowest BCUT2D eigenvalue weighted by Crippen LogP contribution is -2.52. The van der Waals surface area contributed by atoms with Gasteiger partial charge in [0.1, 0.15) is 18.4 Å². The van der Waals surface area contributed by atoms with Crippen LogP contribution >= 0.6 is 11.6 Å². The molecule has 10 heteroatoms. The first-order chi connectivity index (χ1) is 19.1. The van der Waals surface area contributed by atoms with E-state index in [4.69, 9.17) is 11.6 Å². The Hall–Kier alpha value is -3.43. The van der Waals surface area contributed by atoms with E-state index in [-0.39, 0.29) is 23.0 Å². The second-order valence-corrected chi connectivity index (χ2v) is 11.8. The van der Waals surface area contributed by atoms with Crippen molar-refractivity contribution in [2.45, 2.75) is 57.5 Å². The quantitative estimate of drug-likeness (QED) is 0.260. The van der Waals surface area contributed by atoms with Crippen molar-refractivity contribution in [1.82, 2.24) is 10.2 Å². The van der Waals surface area contributed by atoms with E-state index in [1.807, 2.05) is 13.8 Å². The van der Waals surface area contributed by atoms with Gasteiger partial charge in [-0.25, -0.2) is 12.8 Å². The van der Waals surface area contributed by atoms with E-state index in [0.29, 0.717) is 23.6 Å². The maximum Gasteiger partial charge on any atom is 0.264 e. The van der Waals surface area contributed by atoms with Crippen LogP contribution in [0.1, 0.15) is 44.2 Å². The molecular weight excluding hydrogens is 553 g/mol. The van der Waals surface area contributed by atoms with Crippen LogP contribution in [0, 0.1) is 12.7 Å². The number of hydrogen-bond donors (Lipinski definition) is 1. The maximum atomic E-state index is 14.0. The number of nitrogens with zero attached hydrogens (tertiary/aromatic N) is 2. The fourth-order valence-electron chi connectivity index (χ4n) is 4.19. The number of nitrogens with one attached hydrogen (secondary N) is 1. The minimum absolute atomic E-state index is 0.00213. The van der Waals surface area contributed by atoms with Gasteiger partial charge in [-0.05, 0) is 73.9 Å². The standard InChI is InChI=1S/C30H35ClFN3O4S/c1-4-6-19-33-30(37)28(5-2)34(20-23-9-13-25(32)14-10-23)29(36)21-35(26-15-11-24(31)12-16-26)40(38,39)27-17-7-22(3)8-18-27/h7-18,28H,4-6,19-21H2,1-3H3,(H,33,37)/t28-/m0/s1. The minimum Gasteiger partial charge on any atom is -0.354 e. The summed E-state index contributed by atoms with van der Waals surface area (Å²) in [6.45, 7) is 5.54. The first-order valence-corrected chi connectivity index (χ1v) is 15.0. The molecule has 2 amide bonds. The molecule has 0 aliphatic carbocycles. The highest BCUT2D eigenvalue weighted by Crippen LogP contribution is 2.26. The predicted molar refractivity (Wildman–Crippen MR) is 156 cm³/mol. The van der Waals surface area contributed by atoms with Crippen LogP contribution in [0.2, 0.25) is 5.02 Å². The van der Waals surface area contributed by atoms with Gasteiger partial charge in [0.05, 0.1) is 10.6 Å². The third-order valence-electron chi connectivity index (χ3n) is 6.48. The molecule has 0 radical (unpaired) electrons. The summed E-state index contributed by atoms with van der Waals surface area (Å²) in [5, 5.41) is 3.29. The Morgan fingerprint density at radius 1 is 0.950 bits per heavy atom. The van der Waals surface area contributed by atoms with Crippen LogP contribution in [0.4, 0.5) is 10.1 Å². The van der Waals surface area contributed by atoms with Crippen molar-refractivity contribution in [3.63, 3.8) is 0 Å². The molecule has 3 aromatic rings. The number of sulfonamides is 1. The SMILES string of the molecule is CCCCNC(=O)[C@H](CC)N(Cc1ccc(F)cc1)C(=O)CN(c1ccc(Cl)cc1)S(=O)(=O)c1ccc(C)cc1. The maximum absolute atomic E-state index is 14.0. The molecule has 0 saturated carbocycles. The topological polar surface area (TPSA) is 86.8 Å². The molecule has 1 atom stereocenters. The van der Waals surface area contributed by atoms with E-state index in [2.05, 4.69) is 5.32 Å². The number of rotatable bonds is 13. The first kappa shape index (κ1) is 31.1. The van der Waals surface area contributed by atoms with E-state index < -0.39 is 34.3 Å². The Balaban J connectivity index is 2.02. The Kier molecular flexibility index (Phi) is 11.1. The summed E-state index contributed by atoms with van der Waals surface area (Å²) in [4.78, 5) is 28.5. The molecule has 40 heavy (non-hydrogen) atoms. The average molecular weight is 588 g/mol. The summed E-state index contributed by atoms with van der Waals surface area (Å²) >= 11 is 6.06. The molecule has 1 N–H and O–H groups in total. The van der Waals surface area contributed by atoms with Crippen LogP contribution in [0.25, 0.3) is 0 Å². The lowest BCUT2D eigenvalue weighted by Gasteiger charge is -2.33. The number of hydrogen-bond acceptors (Lipinski definition) is 4. The van der Waals surface area contributed by atoms with Crippen LogP contribution in [0.5, 0.6) is 0 Å².